The Labute approximate surface area is 171 Å². The van der Waals surface area contributed by atoms with Gasteiger partial charge in [-0.25, -0.2) is 4.98 Å². The molecule has 2 aliphatic rings. The molecule has 2 aromatic rings. The van der Waals surface area contributed by atoms with Gasteiger partial charge in [-0.1, -0.05) is 12.1 Å². The van der Waals surface area contributed by atoms with Crippen LogP contribution in [0, 0.1) is 0 Å². The predicted molar refractivity (Wildman–Crippen MR) is 111 cm³/mol. The van der Waals surface area contributed by atoms with Gasteiger partial charge >= 0.3 is 0 Å². The Morgan fingerprint density at radius 1 is 1.11 bits per heavy atom. The highest BCUT2D eigenvalue weighted by molar-refractivity contribution is 5.85. The average molecular weight is 414 g/mol. The van der Waals surface area contributed by atoms with Crippen molar-refractivity contribution in [3.8, 4) is 11.5 Å². The fraction of sp³-hybridized carbons (Fsp3) is 0.444. The molecule has 27 heavy (non-hydrogen) atoms. The van der Waals surface area contributed by atoms with Crippen molar-refractivity contribution in [1.82, 2.24) is 15.3 Å². The molecule has 1 aromatic heterocycles. The molecule has 0 amide bonds. The monoisotopic (exact) mass is 413 g/mol. The Balaban J connectivity index is 0.00000131. The van der Waals surface area contributed by atoms with E-state index in [4.69, 9.17) is 15.2 Å². The van der Waals surface area contributed by atoms with Gasteiger partial charge in [0.15, 0.2) is 11.5 Å². The highest BCUT2D eigenvalue weighted by atomic mass is 35.5. The van der Waals surface area contributed by atoms with Gasteiger partial charge in [-0.05, 0) is 25.1 Å². The van der Waals surface area contributed by atoms with Gasteiger partial charge in [-0.2, -0.15) is 4.98 Å². The molecule has 0 spiro atoms. The third kappa shape index (κ3) is 5.06. The van der Waals surface area contributed by atoms with E-state index >= 15 is 0 Å². The number of fused-ring (bicyclic) bond motifs is 2. The minimum Gasteiger partial charge on any atom is -0.486 e. The van der Waals surface area contributed by atoms with E-state index in [9.17, 15) is 0 Å². The Morgan fingerprint density at radius 2 is 1.89 bits per heavy atom. The molecule has 1 unspecified atom stereocenters. The van der Waals surface area contributed by atoms with Gasteiger partial charge in [0.05, 0.1) is 5.69 Å². The molecule has 4 N–H and O–H groups in total. The summed E-state index contributed by atoms with van der Waals surface area (Å²) in [4.78, 5) is 8.80. The van der Waals surface area contributed by atoms with Gasteiger partial charge in [0, 0.05) is 31.5 Å². The summed E-state index contributed by atoms with van der Waals surface area (Å²) in [5.41, 5.74) is 8.09. The van der Waals surface area contributed by atoms with Crippen molar-refractivity contribution in [3.05, 3.63) is 35.5 Å². The molecule has 0 fully saturated rings. The normalized spacial score (nSPS) is 17.6. The summed E-state index contributed by atoms with van der Waals surface area (Å²) in [5.74, 6) is 2.80. The first-order valence-corrected chi connectivity index (χ1v) is 8.78. The lowest BCUT2D eigenvalue weighted by molar-refractivity contribution is 0.0873. The summed E-state index contributed by atoms with van der Waals surface area (Å²) in [6, 6.07) is 7.77. The Kier molecular flexibility index (Phi) is 7.77. The van der Waals surface area contributed by atoms with Gasteiger partial charge in [0.1, 0.15) is 18.5 Å². The summed E-state index contributed by atoms with van der Waals surface area (Å²) in [6.07, 6.45) is 2.65. The first-order chi connectivity index (χ1) is 12.3. The summed E-state index contributed by atoms with van der Waals surface area (Å²) < 4.78 is 11.8. The Bertz CT molecular complexity index is 763. The summed E-state index contributed by atoms with van der Waals surface area (Å²) in [6.45, 7) is 3.17. The summed E-state index contributed by atoms with van der Waals surface area (Å²) >= 11 is 0. The maximum atomic E-state index is 5.99. The smallest absolute Gasteiger partial charge is 0.222 e. The van der Waals surface area contributed by atoms with Crippen molar-refractivity contribution in [2.45, 2.75) is 25.4 Å². The lowest BCUT2D eigenvalue weighted by Crippen LogP contribution is -2.31. The van der Waals surface area contributed by atoms with Crippen LogP contribution in [-0.4, -0.2) is 42.3 Å². The van der Waals surface area contributed by atoms with Crippen molar-refractivity contribution in [2.24, 2.45) is 0 Å². The van der Waals surface area contributed by atoms with Crippen LogP contribution >= 0.6 is 24.8 Å². The van der Waals surface area contributed by atoms with E-state index in [1.54, 1.807) is 0 Å². The van der Waals surface area contributed by atoms with Crippen LogP contribution in [0.4, 0.5) is 11.8 Å². The topological polar surface area (TPSA) is 94.3 Å². The summed E-state index contributed by atoms with van der Waals surface area (Å²) in [7, 11) is 0. The number of halogens is 2. The van der Waals surface area contributed by atoms with Crippen molar-refractivity contribution in [3.63, 3.8) is 0 Å². The molecule has 0 saturated heterocycles. The van der Waals surface area contributed by atoms with E-state index in [0.717, 1.165) is 61.9 Å². The molecule has 7 nitrogen and oxygen atoms in total. The first kappa shape index (κ1) is 21.3. The molecule has 1 aromatic carbocycles. The van der Waals surface area contributed by atoms with Gasteiger partial charge < -0.3 is 25.8 Å². The van der Waals surface area contributed by atoms with E-state index in [1.165, 1.54) is 5.56 Å². The lowest BCUT2D eigenvalue weighted by atomic mass is 10.1. The van der Waals surface area contributed by atoms with Crippen LogP contribution in [0.2, 0.25) is 0 Å². The fourth-order valence-electron chi connectivity index (χ4n) is 3.27. The van der Waals surface area contributed by atoms with Crippen LogP contribution in [0.1, 0.15) is 17.7 Å². The number of ether oxygens (including phenoxy) is 2. The zero-order valence-corrected chi connectivity index (χ0v) is 16.6. The van der Waals surface area contributed by atoms with E-state index < -0.39 is 0 Å². The molecular weight excluding hydrogens is 389 g/mol. The maximum Gasteiger partial charge on any atom is 0.222 e. The number of hydrogen-bond donors (Lipinski definition) is 3. The molecule has 4 rings (SSSR count). The minimum atomic E-state index is 0. The molecule has 9 heteroatoms. The predicted octanol–water partition coefficient (Wildman–Crippen LogP) is 2.23. The molecule has 3 heterocycles. The van der Waals surface area contributed by atoms with Crippen LogP contribution < -0.4 is 25.8 Å². The second kappa shape index (κ2) is 9.82. The molecular formula is C18H25Cl2N5O2. The number of aromatic nitrogens is 2. The average Bonchev–Trinajstić information content (AvgIpc) is 2.87. The number of nitrogens with one attached hydrogen (secondary N) is 2. The quantitative estimate of drug-likeness (QED) is 0.707. The lowest BCUT2D eigenvalue weighted by Gasteiger charge is -2.26. The van der Waals surface area contributed by atoms with Crippen LogP contribution in [0.5, 0.6) is 11.5 Å². The Hall–Kier alpha value is -1.96. The largest absolute Gasteiger partial charge is 0.486 e. The van der Waals surface area contributed by atoms with E-state index in [-0.39, 0.29) is 30.9 Å². The number of nitrogens with two attached hydrogens (primary N) is 1. The SMILES string of the molecule is Cl.Cl.Nc1nc2c(c(NCCC3COc4ccccc4O3)n1)CCNCC2. The van der Waals surface area contributed by atoms with E-state index in [1.807, 2.05) is 24.3 Å². The third-order valence-corrected chi connectivity index (χ3v) is 4.53. The van der Waals surface area contributed by atoms with Crippen LogP contribution in [-0.2, 0) is 12.8 Å². The second-order valence-electron chi connectivity index (χ2n) is 6.32. The number of rotatable bonds is 4. The number of anilines is 2. The number of nitrogen functional groups attached to an aromatic ring is 1. The minimum absolute atomic E-state index is 0. The van der Waals surface area contributed by atoms with Crippen molar-refractivity contribution in [2.75, 3.05) is 37.3 Å². The van der Waals surface area contributed by atoms with E-state index in [0.29, 0.717) is 12.6 Å². The van der Waals surface area contributed by atoms with Gasteiger partial charge in [-0.3, -0.25) is 0 Å². The van der Waals surface area contributed by atoms with E-state index in [2.05, 4.69) is 20.6 Å². The highest BCUT2D eigenvalue weighted by Gasteiger charge is 2.21. The Morgan fingerprint density at radius 3 is 2.74 bits per heavy atom. The molecule has 2 aliphatic heterocycles. The number of benzene rings is 1. The van der Waals surface area contributed by atoms with Crippen LogP contribution in [0.3, 0.4) is 0 Å². The molecule has 0 radical (unpaired) electrons. The second-order valence-corrected chi connectivity index (χ2v) is 6.32. The molecule has 148 valence electrons. The highest BCUT2D eigenvalue weighted by Crippen LogP contribution is 2.31. The zero-order chi connectivity index (χ0) is 17.1. The number of nitrogens with zero attached hydrogens (tertiary/aromatic N) is 2. The zero-order valence-electron chi connectivity index (χ0n) is 14.9. The van der Waals surface area contributed by atoms with Crippen molar-refractivity contribution >= 4 is 36.6 Å². The molecule has 0 saturated carbocycles. The standard InChI is InChI=1S/C18H23N5O2.2ClH/c19-18-22-14-7-9-20-8-6-13(14)17(23-18)21-10-5-12-11-24-15-3-1-2-4-16(15)25-12;;/h1-4,12,20H,5-11H2,(H3,19,21,22,23);2*1H. The van der Waals surface area contributed by atoms with Crippen LogP contribution in [0.25, 0.3) is 0 Å². The summed E-state index contributed by atoms with van der Waals surface area (Å²) in [5, 5.41) is 6.80. The number of hydrogen-bond acceptors (Lipinski definition) is 7. The molecule has 0 aliphatic carbocycles. The third-order valence-electron chi connectivity index (χ3n) is 4.53. The van der Waals surface area contributed by atoms with Crippen LogP contribution in [0.15, 0.2) is 24.3 Å². The van der Waals surface area contributed by atoms with Crippen molar-refractivity contribution < 1.29 is 9.47 Å². The van der Waals surface area contributed by atoms with Gasteiger partial charge in [0.25, 0.3) is 0 Å². The van der Waals surface area contributed by atoms with Gasteiger partial charge in [-0.15, -0.1) is 24.8 Å². The first-order valence-electron chi connectivity index (χ1n) is 8.78. The number of para-hydroxylation sites is 2. The molecule has 0 bridgehead atoms. The maximum absolute atomic E-state index is 5.99. The van der Waals surface area contributed by atoms with Crippen molar-refractivity contribution in [1.29, 1.82) is 0 Å². The fourth-order valence-corrected chi connectivity index (χ4v) is 3.27. The van der Waals surface area contributed by atoms with Gasteiger partial charge in [0.2, 0.25) is 5.95 Å². The molecule has 1 atom stereocenters.